The molecule has 23 heavy (non-hydrogen) atoms. The quantitative estimate of drug-likeness (QED) is 0.719. The molecule has 0 radical (unpaired) electrons. The number of rotatable bonds is 4. The van der Waals surface area contributed by atoms with Crippen molar-refractivity contribution in [3.8, 4) is 0 Å². The summed E-state index contributed by atoms with van der Waals surface area (Å²) in [4.78, 5) is 0. The molecule has 0 atom stereocenters. The zero-order valence-corrected chi connectivity index (χ0v) is 13.1. The zero-order chi connectivity index (χ0) is 16.3. The Bertz CT molecular complexity index is 710. The molecular formula is C21H20O2. The van der Waals surface area contributed by atoms with Gasteiger partial charge < -0.3 is 10.2 Å². The van der Waals surface area contributed by atoms with Crippen molar-refractivity contribution in [1.29, 1.82) is 0 Å². The molecule has 0 amide bonds. The minimum absolute atomic E-state index is 0.468. The van der Waals surface area contributed by atoms with Crippen molar-refractivity contribution < 1.29 is 10.2 Å². The Balaban J connectivity index is 2.25. The number of benzene rings is 3. The van der Waals surface area contributed by atoms with Gasteiger partial charge in [0.1, 0.15) is 0 Å². The van der Waals surface area contributed by atoms with Crippen LogP contribution in [0.3, 0.4) is 0 Å². The molecule has 2 heteroatoms. The van der Waals surface area contributed by atoms with Gasteiger partial charge in [-0.05, 0) is 18.1 Å². The maximum atomic E-state index is 11.2. The highest BCUT2D eigenvalue weighted by molar-refractivity contribution is 5.44. The first-order chi connectivity index (χ1) is 11.1. The van der Waals surface area contributed by atoms with Crippen LogP contribution in [0.15, 0.2) is 91.0 Å². The summed E-state index contributed by atoms with van der Waals surface area (Å²) in [5.41, 5.74) is 1.16. The van der Waals surface area contributed by atoms with Gasteiger partial charge in [0, 0.05) is 5.56 Å². The molecule has 2 N–H and O–H groups in total. The normalized spacial score (nSPS) is 12.1. The summed E-state index contributed by atoms with van der Waals surface area (Å²) in [5.74, 6) is -2.04. The van der Waals surface area contributed by atoms with Crippen LogP contribution in [0.1, 0.15) is 23.6 Å². The Morgan fingerprint density at radius 3 is 1.17 bits per heavy atom. The van der Waals surface area contributed by atoms with Gasteiger partial charge in [-0.15, -0.1) is 0 Å². The van der Waals surface area contributed by atoms with E-state index in [1.165, 1.54) is 0 Å². The molecular weight excluding hydrogens is 284 g/mol. The molecule has 0 aromatic heterocycles. The maximum Gasteiger partial charge on any atom is 0.203 e. The third-order valence-electron chi connectivity index (χ3n) is 4.58. The van der Waals surface area contributed by atoms with Gasteiger partial charge in [0.15, 0.2) is 0 Å². The van der Waals surface area contributed by atoms with E-state index in [2.05, 4.69) is 0 Å². The smallest absolute Gasteiger partial charge is 0.203 e. The van der Waals surface area contributed by atoms with Crippen LogP contribution in [-0.4, -0.2) is 10.2 Å². The summed E-state index contributed by atoms with van der Waals surface area (Å²) in [6, 6.07) is 28.2. The first-order valence-corrected chi connectivity index (χ1v) is 7.68. The van der Waals surface area contributed by atoms with Gasteiger partial charge in [-0.1, -0.05) is 91.0 Å². The third kappa shape index (κ3) is 2.56. The van der Waals surface area contributed by atoms with Gasteiger partial charge in [-0.25, -0.2) is 0 Å². The summed E-state index contributed by atoms with van der Waals surface area (Å²) in [5, 5.41) is 22.3. The van der Waals surface area contributed by atoms with Gasteiger partial charge >= 0.3 is 0 Å². The number of hydrogen-bond acceptors (Lipinski definition) is 2. The minimum atomic E-state index is -2.04. The van der Waals surface area contributed by atoms with Crippen LogP contribution >= 0.6 is 0 Å². The Hall–Kier alpha value is -2.42. The maximum absolute atomic E-state index is 11.2. The van der Waals surface area contributed by atoms with E-state index in [9.17, 15) is 10.2 Å². The molecule has 3 aromatic rings. The lowest BCUT2D eigenvalue weighted by molar-refractivity contribution is -0.209. The Morgan fingerprint density at radius 2 is 0.826 bits per heavy atom. The van der Waals surface area contributed by atoms with Gasteiger partial charge in [-0.3, -0.25) is 0 Å². The highest BCUT2D eigenvalue weighted by Crippen LogP contribution is 2.45. The van der Waals surface area contributed by atoms with E-state index >= 15 is 0 Å². The van der Waals surface area contributed by atoms with Crippen molar-refractivity contribution in [3.63, 3.8) is 0 Å². The van der Waals surface area contributed by atoms with E-state index in [0.717, 1.165) is 11.1 Å². The average Bonchev–Trinajstić information content (AvgIpc) is 2.63. The summed E-state index contributed by atoms with van der Waals surface area (Å²) in [6.45, 7) is 1.87. The van der Waals surface area contributed by atoms with Crippen molar-refractivity contribution in [3.05, 3.63) is 108 Å². The second-order valence-electron chi connectivity index (χ2n) is 5.90. The molecule has 116 valence electrons. The molecule has 0 heterocycles. The van der Waals surface area contributed by atoms with Crippen LogP contribution in [0, 0.1) is 0 Å². The van der Waals surface area contributed by atoms with E-state index in [1.807, 2.05) is 85.8 Å². The fraction of sp³-hybridized carbons (Fsp3) is 0.143. The predicted molar refractivity (Wildman–Crippen MR) is 91.9 cm³/mol. The topological polar surface area (TPSA) is 40.5 Å². The Kier molecular flexibility index (Phi) is 4.03. The summed E-state index contributed by atoms with van der Waals surface area (Å²) in [6.07, 6.45) is 0. The average molecular weight is 304 g/mol. The van der Waals surface area contributed by atoms with Crippen LogP contribution in [0.25, 0.3) is 0 Å². The van der Waals surface area contributed by atoms with Crippen molar-refractivity contribution >= 4 is 0 Å². The van der Waals surface area contributed by atoms with Crippen LogP contribution in [0.4, 0.5) is 0 Å². The molecule has 0 aliphatic carbocycles. The van der Waals surface area contributed by atoms with E-state index in [4.69, 9.17) is 0 Å². The molecule has 2 nitrogen and oxygen atoms in total. The highest BCUT2D eigenvalue weighted by atomic mass is 16.5. The summed E-state index contributed by atoms with van der Waals surface area (Å²) >= 11 is 0. The first kappa shape index (κ1) is 15.5. The molecule has 0 aliphatic heterocycles. The van der Waals surface area contributed by atoms with Gasteiger partial charge in [-0.2, -0.15) is 0 Å². The number of hydrogen-bond donors (Lipinski definition) is 2. The standard InChI is InChI=1S/C21H20O2/c1-20(17-11-5-2-6-12-17,18-13-7-3-8-14-18)21(22,23)19-15-9-4-10-16-19/h2-16,22-23H,1H3. The van der Waals surface area contributed by atoms with E-state index in [1.54, 1.807) is 12.1 Å². The Labute approximate surface area is 136 Å². The van der Waals surface area contributed by atoms with Crippen LogP contribution in [0.5, 0.6) is 0 Å². The molecule has 0 fully saturated rings. The van der Waals surface area contributed by atoms with Gasteiger partial charge in [0.25, 0.3) is 0 Å². The second kappa shape index (κ2) is 5.99. The number of aliphatic hydroxyl groups is 2. The van der Waals surface area contributed by atoms with Crippen molar-refractivity contribution in [1.82, 2.24) is 0 Å². The lowest BCUT2D eigenvalue weighted by Crippen LogP contribution is -2.48. The Morgan fingerprint density at radius 1 is 0.522 bits per heavy atom. The molecule has 0 unspecified atom stereocenters. The lowest BCUT2D eigenvalue weighted by atomic mass is 9.67. The van der Waals surface area contributed by atoms with Crippen LogP contribution < -0.4 is 0 Å². The van der Waals surface area contributed by atoms with Crippen LogP contribution in [0.2, 0.25) is 0 Å². The van der Waals surface area contributed by atoms with Crippen molar-refractivity contribution in [2.45, 2.75) is 18.1 Å². The SMILES string of the molecule is CC(c1ccccc1)(c1ccccc1)C(O)(O)c1ccccc1. The van der Waals surface area contributed by atoms with E-state index in [0.29, 0.717) is 5.56 Å². The summed E-state index contributed by atoms with van der Waals surface area (Å²) in [7, 11) is 0. The molecule has 0 spiro atoms. The van der Waals surface area contributed by atoms with E-state index in [-0.39, 0.29) is 0 Å². The van der Waals surface area contributed by atoms with E-state index < -0.39 is 11.2 Å². The first-order valence-electron chi connectivity index (χ1n) is 7.68. The van der Waals surface area contributed by atoms with Crippen LogP contribution in [-0.2, 0) is 11.2 Å². The monoisotopic (exact) mass is 304 g/mol. The fourth-order valence-electron chi connectivity index (χ4n) is 3.07. The molecule has 0 saturated carbocycles. The molecule has 3 aromatic carbocycles. The third-order valence-corrected chi connectivity index (χ3v) is 4.58. The largest absolute Gasteiger partial charge is 0.361 e. The molecule has 0 saturated heterocycles. The van der Waals surface area contributed by atoms with Crippen molar-refractivity contribution in [2.75, 3.05) is 0 Å². The summed E-state index contributed by atoms with van der Waals surface area (Å²) < 4.78 is 0. The molecule has 0 bridgehead atoms. The van der Waals surface area contributed by atoms with Gasteiger partial charge in [0.05, 0.1) is 5.41 Å². The minimum Gasteiger partial charge on any atom is -0.361 e. The predicted octanol–water partition coefficient (Wildman–Crippen LogP) is 3.83. The van der Waals surface area contributed by atoms with Crippen molar-refractivity contribution in [2.24, 2.45) is 0 Å². The lowest BCUT2D eigenvalue weighted by Gasteiger charge is -2.42. The molecule has 3 rings (SSSR count). The zero-order valence-electron chi connectivity index (χ0n) is 13.1. The molecule has 0 aliphatic rings. The second-order valence-corrected chi connectivity index (χ2v) is 5.90. The fourth-order valence-corrected chi connectivity index (χ4v) is 3.07. The van der Waals surface area contributed by atoms with Gasteiger partial charge in [0.2, 0.25) is 5.79 Å². The highest BCUT2D eigenvalue weighted by Gasteiger charge is 2.49.